The Morgan fingerprint density at radius 1 is 0.720 bits per heavy atom. The maximum atomic E-state index is 12.7. The number of hydrogen-bond acceptors (Lipinski definition) is 6. The van der Waals surface area contributed by atoms with Crippen molar-refractivity contribution in [1.82, 2.24) is 0 Å². The fourth-order valence-corrected chi connectivity index (χ4v) is 2.06. The van der Waals surface area contributed by atoms with Crippen LogP contribution in [0.1, 0.15) is 20.7 Å². The van der Waals surface area contributed by atoms with Gasteiger partial charge in [-0.15, -0.1) is 0 Å². The molecular weight excluding hydrogens is 374 g/mol. The van der Waals surface area contributed by atoms with Gasteiger partial charge in [-0.05, 0) is 0 Å². The Hall–Kier alpha value is -2.13. The Morgan fingerprint density at radius 3 is 1.28 bits per heavy atom. The molecule has 2 aromatic carbocycles. The molecule has 2 aromatic rings. The third-order valence-corrected chi connectivity index (χ3v) is 3.27. The molecule has 6 nitrogen and oxygen atoms in total. The molecule has 0 aromatic heterocycles. The predicted molar refractivity (Wildman–Crippen MR) is 75.5 cm³/mol. The van der Waals surface area contributed by atoms with Crippen LogP contribution >= 0.6 is 0 Å². The van der Waals surface area contributed by atoms with Gasteiger partial charge in [0.15, 0.2) is 0 Å². The molecule has 0 heterocycles. The predicted octanol–water partition coefficient (Wildman–Crippen LogP) is 0.844. The molecule has 0 unspecified atom stereocenters. The number of carbonyl (C=O) groups excluding carboxylic acids is 2. The van der Waals surface area contributed by atoms with Crippen molar-refractivity contribution in [3.63, 3.8) is 0 Å². The van der Waals surface area contributed by atoms with E-state index >= 15 is 0 Å². The second-order valence-corrected chi connectivity index (χ2v) is 4.77. The van der Waals surface area contributed by atoms with Gasteiger partial charge in [-0.3, -0.25) is 0 Å². The summed E-state index contributed by atoms with van der Waals surface area (Å²) >= 11 is -1.75. The van der Waals surface area contributed by atoms with Gasteiger partial charge in [0.2, 0.25) is 0 Å². The summed E-state index contributed by atoms with van der Waals surface area (Å²) in [4.78, 5) is 23.1. The van der Waals surface area contributed by atoms with E-state index in [2.05, 4.69) is 0 Å². The van der Waals surface area contributed by atoms with Crippen molar-refractivity contribution < 1.29 is 55.1 Å². The molecule has 25 heavy (non-hydrogen) atoms. The molecule has 0 saturated heterocycles. The molecule has 0 radical (unpaired) electrons. The van der Waals surface area contributed by atoms with Crippen molar-refractivity contribution in [2.24, 2.45) is 0 Å². The van der Waals surface area contributed by atoms with Gasteiger partial charge < -0.3 is 10.2 Å². The summed E-state index contributed by atoms with van der Waals surface area (Å²) < 4.78 is 35.0. The van der Waals surface area contributed by atoms with Crippen LogP contribution in [0.4, 0.5) is 8.78 Å². The Kier molecular flexibility index (Phi) is 12.1. The number of rotatable bonds is 4. The van der Waals surface area contributed by atoms with E-state index in [1.165, 1.54) is 24.3 Å². The fourth-order valence-electron chi connectivity index (χ4n) is 1.39. The molecule has 0 aliphatic carbocycles. The van der Waals surface area contributed by atoms with Crippen LogP contribution in [0.2, 0.25) is 0 Å². The van der Waals surface area contributed by atoms with E-state index in [4.69, 9.17) is 16.8 Å². The van der Waals surface area contributed by atoms with Crippen molar-refractivity contribution in [1.29, 1.82) is 0 Å². The average Bonchev–Trinajstić information content (AvgIpc) is 2.66. The van der Waals surface area contributed by atoms with Crippen LogP contribution in [-0.4, -0.2) is 26.2 Å². The van der Waals surface area contributed by atoms with Crippen molar-refractivity contribution in [3.05, 3.63) is 71.3 Å². The Labute approximate surface area is 152 Å². The van der Waals surface area contributed by atoms with Crippen LogP contribution in [0.3, 0.4) is 0 Å². The molecule has 0 aliphatic heterocycles. The summed E-state index contributed by atoms with van der Waals surface area (Å²) in [5.74, 6) is -2.32. The third kappa shape index (κ3) is 8.50. The van der Waals surface area contributed by atoms with Crippen LogP contribution in [0.15, 0.2) is 48.5 Å². The Bertz CT molecular complexity index is 589. The van der Waals surface area contributed by atoms with Gasteiger partial charge in [-0.25, -0.2) is 0 Å². The van der Waals surface area contributed by atoms with E-state index in [1.54, 1.807) is 0 Å². The first-order valence-electron chi connectivity index (χ1n) is 6.56. The molecule has 132 valence electrons. The maximum absolute atomic E-state index is 12.7. The molecule has 0 atom stereocenters. The molecule has 2 rings (SSSR count). The first kappa shape index (κ1) is 22.9. The molecule has 0 N–H and O–H groups in total. The van der Waals surface area contributed by atoms with Gasteiger partial charge in [-0.2, -0.15) is 14.2 Å². The van der Waals surface area contributed by atoms with E-state index < -0.39 is 43.5 Å². The second-order valence-electron chi connectivity index (χ2n) is 3.88. The third-order valence-electron chi connectivity index (χ3n) is 2.43. The van der Waals surface area contributed by atoms with Gasteiger partial charge in [0, 0.05) is 0 Å². The average molecular weight is 388 g/mol. The van der Waals surface area contributed by atoms with Gasteiger partial charge in [0.1, 0.15) is 0 Å². The summed E-state index contributed by atoms with van der Waals surface area (Å²) in [6, 6.07) is 9.58. The molecule has 0 spiro atoms. The summed E-state index contributed by atoms with van der Waals surface area (Å²) in [6.45, 7) is 0. The molecule has 0 bridgehead atoms. The Balaban J connectivity index is 0.00000134. The van der Waals surface area contributed by atoms with Gasteiger partial charge in [0.05, 0.1) is 0 Å². The summed E-state index contributed by atoms with van der Waals surface area (Å²) in [7, 11) is 1.50. The first-order valence-corrected chi connectivity index (χ1v) is 7.84. The quantitative estimate of drug-likeness (QED) is 0.721. The van der Waals surface area contributed by atoms with Crippen molar-refractivity contribution in [2.45, 2.75) is 0 Å². The number of benzene rings is 2. The van der Waals surface area contributed by atoms with Crippen LogP contribution in [-0.2, 0) is 26.6 Å². The van der Waals surface area contributed by atoms with Gasteiger partial charge >= 0.3 is 128 Å². The van der Waals surface area contributed by atoms with Crippen LogP contribution < -0.4 is 10.2 Å². The molecular formula is C16H14F2O6Ti. The van der Waals surface area contributed by atoms with Crippen molar-refractivity contribution in [3.8, 4) is 0 Å². The van der Waals surface area contributed by atoms with Crippen molar-refractivity contribution in [2.75, 3.05) is 14.2 Å². The summed E-state index contributed by atoms with van der Waals surface area (Å²) in [5, 5.41) is 16.5. The summed E-state index contributed by atoms with van der Waals surface area (Å²) in [5.41, 5.74) is 0.330. The monoisotopic (exact) mass is 388 g/mol. The zero-order valence-corrected chi connectivity index (χ0v) is 14.9. The van der Waals surface area contributed by atoms with E-state index in [0.717, 1.165) is 38.5 Å². The topological polar surface area (TPSA) is 98.7 Å². The SMILES string of the molecule is C[O-].C[O-].O=C([O][Ti+2][O]C(=O)c1ccc(F)cc1)c1ccc(F)cc1. The molecule has 0 amide bonds. The molecule has 9 heteroatoms. The van der Waals surface area contributed by atoms with Crippen LogP contribution in [0.25, 0.3) is 0 Å². The number of hydrogen-bond donors (Lipinski definition) is 0. The number of carbonyl (C=O) groups is 2. The zero-order valence-electron chi connectivity index (χ0n) is 13.3. The Morgan fingerprint density at radius 2 is 1.00 bits per heavy atom. The fraction of sp³-hybridized carbons (Fsp3) is 0.125. The molecule has 0 saturated carbocycles. The molecule has 0 fully saturated rings. The van der Waals surface area contributed by atoms with E-state index in [-0.39, 0.29) is 11.1 Å². The second kappa shape index (κ2) is 13.2. The van der Waals surface area contributed by atoms with Crippen LogP contribution in [0.5, 0.6) is 0 Å². The standard InChI is InChI=1S/2C7H5FO2.2CH3O.Ti/c2*8-6-3-1-5(2-4-6)7(9)10;2*1-2;/h2*1-4H,(H,9,10);2*1H3;/q;;2*-1;+4/p-2. The zero-order chi connectivity index (χ0) is 19.2. The summed E-state index contributed by atoms with van der Waals surface area (Å²) in [6.07, 6.45) is 0. The van der Waals surface area contributed by atoms with E-state index in [9.17, 15) is 18.4 Å². The van der Waals surface area contributed by atoms with Crippen molar-refractivity contribution >= 4 is 11.9 Å². The number of halogens is 2. The minimum absolute atomic E-state index is 0.165. The first-order chi connectivity index (χ1) is 12.1. The van der Waals surface area contributed by atoms with Gasteiger partial charge in [-0.1, -0.05) is 0 Å². The van der Waals surface area contributed by atoms with E-state index in [1.807, 2.05) is 0 Å². The normalized spacial score (nSPS) is 8.56. The molecule has 0 aliphatic rings. The minimum atomic E-state index is -1.75. The van der Waals surface area contributed by atoms with Gasteiger partial charge in [0.25, 0.3) is 0 Å². The van der Waals surface area contributed by atoms with Crippen LogP contribution in [0, 0.1) is 11.6 Å². The van der Waals surface area contributed by atoms with E-state index in [0.29, 0.717) is 0 Å².